The number of piperidine rings is 1. The number of nitrogens with zero attached hydrogens (tertiary/aromatic N) is 2. The van der Waals surface area contributed by atoms with Crippen LogP contribution in [-0.2, 0) is 22.7 Å². The molecular weight excluding hydrogens is 304 g/mol. The number of carbonyl (C=O) groups is 2. The van der Waals surface area contributed by atoms with Crippen LogP contribution in [0.4, 0.5) is 5.69 Å². The molecule has 0 radical (unpaired) electrons. The summed E-state index contributed by atoms with van der Waals surface area (Å²) in [7, 11) is 0. The van der Waals surface area contributed by atoms with E-state index >= 15 is 0 Å². The van der Waals surface area contributed by atoms with Crippen LogP contribution in [0.1, 0.15) is 30.4 Å². The Morgan fingerprint density at radius 2 is 2.08 bits per heavy atom. The maximum Gasteiger partial charge on any atom is 0.243 e. The van der Waals surface area contributed by atoms with Gasteiger partial charge in [-0.2, -0.15) is 0 Å². The summed E-state index contributed by atoms with van der Waals surface area (Å²) in [6, 6.07) is 7.59. The van der Waals surface area contributed by atoms with Gasteiger partial charge in [-0.05, 0) is 30.0 Å². The van der Waals surface area contributed by atoms with E-state index in [1.807, 2.05) is 0 Å². The van der Waals surface area contributed by atoms with Crippen molar-refractivity contribution in [3.8, 4) is 0 Å². The summed E-state index contributed by atoms with van der Waals surface area (Å²) < 4.78 is 0. The predicted molar refractivity (Wildman–Crippen MR) is 89.4 cm³/mol. The van der Waals surface area contributed by atoms with E-state index in [1.165, 1.54) is 23.2 Å². The van der Waals surface area contributed by atoms with Crippen LogP contribution >= 0.6 is 0 Å². The maximum absolute atomic E-state index is 12.2. The quantitative estimate of drug-likeness (QED) is 0.768. The molecule has 1 aromatic carbocycles. The molecule has 0 aromatic heterocycles. The van der Waals surface area contributed by atoms with Crippen LogP contribution in [0.5, 0.6) is 0 Å². The molecule has 0 spiro atoms. The molecule has 3 unspecified atom stereocenters. The number of nitrogens with one attached hydrogen (secondary N) is 2. The zero-order valence-corrected chi connectivity index (χ0v) is 13.6. The Bertz CT molecular complexity index is 719. The first-order valence-electron chi connectivity index (χ1n) is 8.87. The van der Waals surface area contributed by atoms with E-state index in [1.54, 1.807) is 0 Å². The van der Waals surface area contributed by atoms with Crippen molar-refractivity contribution in [2.24, 2.45) is 0 Å². The van der Waals surface area contributed by atoms with E-state index in [4.69, 9.17) is 0 Å². The van der Waals surface area contributed by atoms with E-state index in [0.717, 1.165) is 26.2 Å². The minimum Gasteiger partial charge on any atom is -0.365 e. The second-order valence-corrected chi connectivity index (χ2v) is 7.43. The first-order chi connectivity index (χ1) is 11.7. The molecule has 3 saturated heterocycles. The molecule has 0 saturated carbocycles. The van der Waals surface area contributed by atoms with E-state index in [-0.39, 0.29) is 17.9 Å². The summed E-state index contributed by atoms with van der Waals surface area (Å²) in [6.07, 6.45) is 2.31. The van der Waals surface area contributed by atoms with E-state index in [2.05, 4.69) is 38.6 Å². The van der Waals surface area contributed by atoms with Crippen molar-refractivity contribution < 1.29 is 9.59 Å². The molecule has 6 heteroatoms. The van der Waals surface area contributed by atoms with Gasteiger partial charge in [-0.1, -0.05) is 12.1 Å². The molecule has 2 N–H and O–H groups in total. The highest BCUT2D eigenvalue weighted by Gasteiger charge is 2.40. The Kier molecular flexibility index (Phi) is 3.18. The number of fused-ring (bicyclic) bond motifs is 3. The molecule has 4 heterocycles. The van der Waals surface area contributed by atoms with Crippen LogP contribution in [0.2, 0.25) is 0 Å². The van der Waals surface area contributed by atoms with Gasteiger partial charge in [0.15, 0.2) is 0 Å². The molecule has 4 aliphatic heterocycles. The van der Waals surface area contributed by atoms with Gasteiger partial charge in [0.1, 0.15) is 0 Å². The van der Waals surface area contributed by atoms with E-state index in [9.17, 15) is 9.59 Å². The third-order valence-corrected chi connectivity index (χ3v) is 6.00. The molecule has 24 heavy (non-hydrogen) atoms. The van der Waals surface area contributed by atoms with E-state index < -0.39 is 0 Å². The van der Waals surface area contributed by atoms with Crippen LogP contribution in [0.3, 0.4) is 0 Å². The number of hydrogen-bond donors (Lipinski definition) is 2. The van der Waals surface area contributed by atoms with Crippen molar-refractivity contribution in [3.63, 3.8) is 0 Å². The Morgan fingerprint density at radius 3 is 2.83 bits per heavy atom. The average molecular weight is 326 g/mol. The second kappa shape index (κ2) is 5.29. The minimum atomic E-state index is -0.181. The second-order valence-electron chi connectivity index (χ2n) is 7.43. The third kappa shape index (κ3) is 2.17. The van der Waals surface area contributed by atoms with Gasteiger partial charge in [-0.15, -0.1) is 0 Å². The Labute approximate surface area is 141 Å². The lowest BCUT2D eigenvalue weighted by Crippen LogP contribution is -2.50. The van der Waals surface area contributed by atoms with Crippen molar-refractivity contribution in [2.45, 2.75) is 50.5 Å². The van der Waals surface area contributed by atoms with Gasteiger partial charge in [-0.3, -0.25) is 19.8 Å². The number of imide groups is 1. The van der Waals surface area contributed by atoms with Crippen molar-refractivity contribution in [3.05, 3.63) is 29.3 Å². The van der Waals surface area contributed by atoms with E-state index in [0.29, 0.717) is 24.9 Å². The van der Waals surface area contributed by atoms with Crippen LogP contribution in [0, 0.1) is 0 Å². The van der Waals surface area contributed by atoms with Gasteiger partial charge in [-0.25, -0.2) is 0 Å². The monoisotopic (exact) mass is 326 g/mol. The fraction of sp³-hybridized carbons (Fsp3) is 0.556. The number of benzene rings is 1. The first kappa shape index (κ1) is 14.4. The fourth-order valence-electron chi connectivity index (χ4n) is 4.81. The lowest BCUT2D eigenvalue weighted by molar-refractivity contribution is -0.137. The highest BCUT2D eigenvalue weighted by molar-refractivity contribution is 6.00. The molecule has 4 aliphatic rings. The van der Waals surface area contributed by atoms with Gasteiger partial charge in [0.25, 0.3) is 0 Å². The van der Waals surface area contributed by atoms with Gasteiger partial charge in [0.05, 0.1) is 6.04 Å². The largest absolute Gasteiger partial charge is 0.365 e. The summed E-state index contributed by atoms with van der Waals surface area (Å²) in [5.41, 5.74) is 4.04. The lowest BCUT2D eigenvalue weighted by atomic mass is 10.0. The first-order valence-corrected chi connectivity index (χ1v) is 8.87. The number of piperazine rings is 1. The molecule has 3 fully saturated rings. The molecule has 0 aliphatic carbocycles. The summed E-state index contributed by atoms with van der Waals surface area (Å²) in [6.45, 7) is 3.76. The number of amides is 2. The molecular formula is C18H22N4O2. The van der Waals surface area contributed by atoms with Crippen LogP contribution in [0.15, 0.2) is 18.2 Å². The van der Waals surface area contributed by atoms with Gasteiger partial charge in [0.2, 0.25) is 11.8 Å². The number of rotatable bonds is 2. The standard InChI is InChI=1S/C18H22N4O2/c23-17-5-4-16(18(24)20-17)21-8-11-2-1-3-15(14(11)10-21)22-9-12-6-13(22)7-19-12/h1-3,12-13,16,19H,4-10H2,(H,20,23,24). The predicted octanol–water partition coefficient (Wildman–Crippen LogP) is 0.358. The zero-order valence-electron chi connectivity index (χ0n) is 13.6. The third-order valence-electron chi connectivity index (χ3n) is 6.00. The zero-order chi connectivity index (χ0) is 16.3. The lowest BCUT2D eigenvalue weighted by Gasteiger charge is -2.32. The number of anilines is 1. The minimum absolute atomic E-state index is 0.134. The van der Waals surface area contributed by atoms with Gasteiger partial charge in [0, 0.05) is 50.4 Å². The highest BCUT2D eigenvalue weighted by Crippen LogP contribution is 2.38. The normalized spacial score (nSPS) is 32.3. The molecule has 6 nitrogen and oxygen atoms in total. The molecule has 2 bridgehead atoms. The fourth-order valence-corrected chi connectivity index (χ4v) is 4.81. The number of carbonyl (C=O) groups excluding carboxylic acids is 2. The molecule has 5 rings (SSSR count). The average Bonchev–Trinajstić information content (AvgIpc) is 3.28. The molecule has 1 aromatic rings. The molecule has 3 atom stereocenters. The summed E-state index contributed by atoms with van der Waals surface area (Å²) in [4.78, 5) is 28.4. The topological polar surface area (TPSA) is 64.7 Å². The van der Waals surface area contributed by atoms with Crippen LogP contribution in [0.25, 0.3) is 0 Å². The highest BCUT2D eigenvalue weighted by atomic mass is 16.2. The van der Waals surface area contributed by atoms with Crippen molar-refractivity contribution in [2.75, 3.05) is 18.0 Å². The van der Waals surface area contributed by atoms with Crippen molar-refractivity contribution in [1.29, 1.82) is 0 Å². The molecule has 126 valence electrons. The summed E-state index contributed by atoms with van der Waals surface area (Å²) in [5, 5.41) is 6.04. The summed E-state index contributed by atoms with van der Waals surface area (Å²) >= 11 is 0. The van der Waals surface area contributed by atoms with Crippen LogP contribution in [-0.4, -0.2) is 47.9 Å². The van der Waals surface area contributed by atoms with Crippen molar-refractivity contribution >= 4 is 17.5 Å². The Hall–Kier alpha value is -1.92. The Balaban J connectivity index is 1.40. The van der Waals surface area contributed by atoms with Crippen molar-refractivity contribution in [1.82, 2.24) is 15.5 Å². The maximum atomic E-state index is 12.2. The summed E-state index contributed by atoms with van der Waals surface area (Å²) in [5.74, 6) is -0.278. The van der Waals surface area contributed by atoms with Crippen LogP contribution < -0.4 is 15.5 Å². The molecule has 2 amide bonds. The number of hydrogen-bond acceptors (Lipinski definition) is 5. The Morgan fingerprint density at radius 1 is 1.17 bits per heavy atom. The van der Waals surface area contributed by atoms with Gasteiger partial charge < -0.3 is 10.2 Å². The SMILES string of the molecule is O=C1CCC(N2Cc3cccc(N4CC5CC4CN5)c3C2)C(=O)N1. The smallest absolute Gasteiger partial charge is 0.243 e. The van der Waals surface area contributed by atoms with Gasteiger partial charge >= 0.3 is 0 Å².